The molecule has 6 rings (SSSR count). The first-order chi connectivity index (χ1) is 11.2. The molecule has 0 saturated carbocycles. The van der Waals surface area contributed by atoms with Crippen LogP contribution >= 0.6 is 0 Å². The number of nitrogens with zero attached hydrogens (tertiary/aromatic N) is 4. The normalized spacial score (nSPS) is 30.0. The van der Waals surface area contributed by atoms with E-state index in [1.807, 2.05) is 9.47 Å². The van der Waals surface area contributed by atoms with Gasteiger partial charge in [0, 0.05) is 31.7 Å². The predicted molar refractivity (Wildman–Crippen MR) is 83.7 cm³/mol. The monoisotopic (exact) mass is 314 g/mol. The van der Waals surface area contributed by atoms with Crippen molar-refractivity contribution in [1.29, 1.82) is 0 Å². The van der Waals surface area contributed by atoms with Gasteiger partial charge in [-0.25, -0.2) is 9.37 Å². The molecule has 4 aliphatic rings. The number of hydrogen-bond donors (Lipinski definition) is 0. The van der Waals surface area contributed by atoms with Gasteiger partial charge in [0.1, 0.15) is 5.82 Å². The average Bonchev–Trinajstić information content (AvgIpc) is 2.91. The fourth-order valence-electron chi connectivity index (χ4n) is 4.58. The smallest absolute Gasteiger partial charge is 0.256 e. The summed E-state index contributed by atoms with van der Waals surface area (Å²) in [6.07, 6.45) is 4.06. The molecule has 5 nitrogen and oxygen atoms in total. The van der Waals surface area contributed by atoms with Gasteiger partial charge in [-0.15, -0.1) is 0 Å². The Kier molecular flexibility index (Phi) is 2.80. The molecule has 0 aliphatic carbocycles. The van der Waals surface area contributed by atoms with Crippen LogP contribution in [0.1, 0.15) is 23.2 Å². The zero-order valence-corrected chi connectivity index (χ0v) is 12.9. The number of halogens is 1. The molecular weight excluding hydrogens is 295 g/mol. The molecule has 1 aromatic heterocycles. The zero-order valence-electron chi connectivity index (χ0n) is 12.9. The van der Waals surface area contributed by atoms with Crippen molar-refractivity contribution in [3.8, 4) is 0 Å². The van der Waals surface area contributed by atoms with Crippen LogP contribution < -0.4 is 0 Å². The first-order valence-corrected chi connectivity index (χ1v) is 8.38. The van der Waals surface area contributed by atoms with E-state index in [1.54, 1.807) is 6.33 Å². The van der Waals surface area contributed by atoms with Crippen LogP contribution in [0.25, 0.3) is 11.0 Å². The minimum absolute atomic E-state index is 0.0347. The molecule has 23 heavy (non-hydrogen) atoms. The molecule has 1 amide bonds. The SMILES string of the molecule is O=C1c2cc(F)cc3ncn(c23)CCN1C1CN2CCC1CC2. The topological polar surface area (TPSA) is 41.4 Å². The van der Waals surface area contributed by atoms with Gasteiger partial charge in [0.2, 0.25) is 0 Å². The van der Waals surface area contributed by atoms with Gasteiger partial charge in [0.15, 0.2) is 0 Å². The minimum Gasteiger partial charge on any atom is -0.332 e. The van der Waals surface area contributed by atoms with Gasteiger partial charge >= 0.3 is 0 Å². The number of rotatable bonds is 1. The standard InChI is InChI=1S/C17H19FN4O/c18-12-7-13-16-14(8-12)19-10-21(16)5-6-22(17(13)23)15-9-20-3-1-11(15)2-4-20/h7-8,10-11,15H,1-6,9H2. The highest BCUT2D eigenvalue weighted by Crippen LogP contribution is 2.33. The van der Waals surface area contributed by atoms with Crippen molar-refractivity contribution in [3.05, 3.63) is 29.8 Å². The number of amides is 1. The quantitative estimate of drug-likeness (QED) is 0.805. The molecule has 0 radical (unpaired) electrons. The molecular formula is C17H19FN4O. The van der Waals surface area contributed by atoms with Crippen LogP contribution in [0.3, 0.4) is 0 Å². The molecule has 6 heteroatoms. The number of hydrogen-bond acceptors (Lipinski definition) is 3. The highest BCUT2D eigenvalue weighted by molar-refractivity contribution is 6.05. The fraction of sp³-hybridized carbons (Fsp3) is 0.529. The van der Waals surface area contributed by atoms with E-state index in [9.17, 15) is 9.18 Å². The van der Waals surface area contributed by atoms with E-state index in [4.69, 9.17) is 0 Å². The van der Waals surface area contributed by atoms with Crippen molar-refractivity contribution in [1.82, 2.24) is 19.4 Å². The van der Waals surface area contributed by atoms with Crippen LogP contribution in [0.4, 0.5) is 4.39 Å². The number of aromatic nitrogens is 2. The third-order valence-electron chi connectivity index (χ3n) is 5.77. The Morgan fingerprint density at radius 1 is 1.13 bits per heavy atom. The van der Waals surface area contributed by atoms with Gasteiger partial charge < -0.3 is 14.4 Å². The summed E-state index contributed by atoms with van der Waals surface area (Å²) in [6, 6.07) is 3.05. The maximum Gasteiger partial charge on any atom is 0.256 e. The van der Waals surface area contributed by atoms with E-state index in [2.05, 4.69) is 9.88 Å². The molecule has 2 aromatic rings. The zero-order chi connectivity index (χ0) is 15.6. The second kappa shape index (κ2) is 4.77. The molecule has 4 aliphatic heterocycles. The molecule has 1 aromatic carbocycles. The summed E-state index contributed by atoms with van der Waals surface area (Å²) in [5.74, 6) is 0.165. The third kappa shape index (κ3) is 1.94. The summed E-state index contributed by atoms with van der Waals surface area (Å²) < 4.78 is 15.9. The van der Waals surface area contributed by atoms with Crippen LogP contribution in [0.5, 0.6) is 0 Å². The van der Waals surface area contributed by atoms with Gasteiger partial charge in [-0.1, -0.05) is 0 Å². The van der Waals surface area contributed by atoms with Crippen LogP contribution in [-0.4, -0.2) is 57.5 Å². The van der Waals surface area contributed by atoms with Crippen molar-refractivity contribution in [2.45, 2.75) is 25.4 Å². The summed E-state index contributed by atoms with van der Waals surface area (Å²) in [5, 5.41) is 0. The largest absolute Gasteiger partial charge is 0.332 e. The molecule has 1 atom stereocenters. The summed E-state index contributed by atoms with van der Waals surface area (Å²) in [5.41, 5.74) is 1.82. The van der Waals surface area contributed by atoms with Crippen molar-refractivity contribution >= 4 is 16.9 Å². The Labute approximate surface area is 133 Å². The lowest BCUT2D eigenvalue weighted by Crippen LogP contribution is -2.58. The Morgan fingerprint density at radius 3 is 2.70 bits per heavy atom. The molecule has 1 unspecified atom stereocenters. The van der Waals surface area contributed by atoms with Crippen LogP contribution in [-0.2, 0) is 6.54 Å². The van der Waals surface area contributed by atoms with Crippen molar-refractivity contribution < 1.29 is 9.18 Å². The lowest BCUT2D eigenvalue weighted by atomic mass is 9.83. The van der Waals surface area contributed by atoms with Gasteiger partial charge in [-0.05, 0) is 37.9 Å². The highest BCUT2D eigenvalue weighted by atomic mass is 19.1. The fourth-order valence-corrected chi connectivity index (χ4v) is 4.58. The molecule has 5 heterocycles. The lowest BCUT2D eigenvalue weighted by molar-refractivity contribution is 0.00724. The first-order valence-electron chi connectivity index (χ1n) is 8.38. The van der Waals surface area contributed by atoms with E-state index >= 15 is 0 Å². The molecule has 0 N–H and O–H groups in total. The first kappa shape index (κ1) is 13.5. The average molecular weight is 314 g/mol. The summed E-state index contributed by atoms with van der Waals surface area (Å²) in [7, 11) is 0. The lowest BCUT2D eigenvalue weighted by Gasteiger charge is -2.48. The molecule has 0 spiro atoms. The van der Waals surface area contributed by atoms with Gasteiger partial charge in [0.25, 0.3) is 5.91 Å². The minimum atomic E-state index is -0.387. The summed E-state index contributed by atoms with van der Waals surface area (Å²) >= 11 is 0. The van der Waals surface area contributed by atoms with Gasteiger partial charge in [-0.2, -0.15) is 0 Å². The number of benzene rings is 1. The van der Waals surface area contributed by atoms with E-state index in [1.165, 1.54) is 25.0 Å². The number of fused-ring (bicyclic) bond motifs is 3. The number of piperidine rings is 3. The Bertz CT molecular complexity index is 793. The summed E-state index contributed by atoms with van der Waals surface area (Å²) in [4.78, 5) is 21.8. The maximum atomic E-state index is 13.9. The van der Waals surface area contributed by atoms with Crippen molar-refractivity contribution in [2.24, 2.45) is 5.92 Å². The van der Waals surface area contributed by atoms with Gasteiger partial charge in [-0.3, -0.25) is 4.79 Å². The van der Waals surface area contributed by atoms with Crippen LogP contribution in [0.2, 0.25) is 0 Å². The number of imidazole rings is 1. The van der Waals surface area contributed by atoms with Gasteiger partial charge in [0.05, 0.1) is 22.9 Å². The Hall–Kier alpha value is -1.95. The molecule has 3 saturated heterocycles. The maximum absolute atomic E-state index is 13.9. The van der Waals surface area contributed by atoms with Crippen molar-refractivity contribution in [3.63, 3.8) is 0 Å². The van der Waals surface area contributed by atoms with E-state index in [0.29, 0.717) is 23.5 Å². The molecule has 2 bridgehead atoms. The number of carbonyl (C=O) groups excluding carboxylic acids is 1. The van der Waals surface area contributed by atoms with Crippen LogP contribution in [0, 0.1) is 11.7 Å². The van der Waals surface area contributed by atoms with E-state index < -0.39 is 0 Å². The molecule has 120 valence electrons. The third-order valence-corrected chi connectivity index (χ3v) is 5.77. The van der Waals surface area contributed by atoms with E-state index in [0.717, 1.165) is 31.7 Å². The highest BCUT2D eigenvalue weighted by Gasteiger charge is 2.40. The Balaban J connectivity index is 1.58. The Morgan fingerprint density at radius 2 is 1.96 bits per heavy atom. The van der Waals surface area contributed by atoms with Crippen molar-refractivity contribution in [2.75, 3.05) is 26.2 Å². The second-order valence-electron chi connectivity index (χ2n) is 6.96. The molecule has 3 fully saturated rings. The van der Waals surface area contributed by atoms with E-state index in [-0.39, 0.29) is 17.8 Å². The van der Waals surface area contributed by atoms with Crippen LogP contribution in [0.15, 0.2) is 18.5 Å². The summed E-state index contributed by atoms with van der Waals surface area (Å²) in [6.45, 7) is 4.66. The second-order valence-corrected chi connectivity index (χ2v) is 6.96. The predicted octanol–water partition coefficient (Wildman–Crippen LogP) is 1.73. The number of carbonyl (C=O) groups is 1.